The van der Waals surface area contributed by atoms with E-state index in [4.69, 9.17) is 9.57 Å². The number of ether oxygens (including phenoxy) is 1. The Kier molecular flexibility index (Phi) is 5.51. The molecule has 0 bridgehead atoms. The number of imide groups is 1. The van der Waals surface area contributed by atoms with Crippen LogP contribution in [0.1, 0.15) is 28.9 Å². The lowest BCUT2D eigenvalue weighted by Gasteiger charge is -2.29. The predicted octanol–water partition coefficient (Wildman–Crippen LogP) is 3.83. The second-order valence-electron chi connectivity index (χ2n) is 7.96. The standard InChI is InChI=1S/C26H22N2O6/c1-2-33-20-15-9-8-14-19(20)27-24(29)21-22(17-12-6-7-13-18(17)26(31)32)28(34-23(21)25(27)30)16-10-4-3-5-11-16/h3-15,21-23H,2H2,1H3,(H,31,32)/t21-,22-,23-/m0/s1. The zero-order valence-electron chi connectivity index (χ0n) is 18.3. The normalized spacial score (nSPS) is 21.6. The third-order valence-electron chi connectivity index (χ3n) is 6.04. The van der Waals surface area contributed by atoms with E-state index in [-0.39, 0.29) is 5.56 Å². The van der Waals surface area contributed by atoms with E-state index in [1.54, 1.807) is 66.7 Å². The van der Waals surface area contributed by atoms with Crippen molar-refractivity contribution in [1.82, 2.24) is 0 Å². The molecule has 3 aromatic rings. The molecule has 0 aromatic heterocycles. The summed E-state index contributed by atoms with van der Waals surface area (Å²) in [4.78, 5) is 46.5. The molecule has 2 aliphatic heterocycles. The van der Waals surface area contributed by atoms with Crippen molar-refractivity contribution in [3.05, 3.63) is 90.0 Å². The molecule has 2 heterocycles. The first-order valence-electron chi connectivity index (χ1n) is 11.0. The monoisotopic (exact) mass is 458 g/mol. The van der Waals surface area contributed by atoms with Crippen LogP contribution in [0.2, 0.25) is 0 Å². The van der Waals surface area contributed by atoms with Gasteiger partial charge in [0, 0.05) is 0 Å². The van der Waals surface area contributed by atoms with Gasteiger partial charge in [0.1, 0.15) is 11.7 Å². The summed E-state index contributed by atoms with van der Waals surface area (Å²) in [5.74, 6) is -2.64. The maximum Gasteiger partial charge on any atom is 0.336 e. The molecule has 0 spiro atoms. The number of hydrogen-bond acceptors (Lipinski definition) is 6. The van der Waals surface area contributed by atoms with E-state index >= 15 is 0 Å². The lowest BCUT2D eigenvalue weighted by molar-refractivity contribution is -0.126. The van der Waals surface area contributed by atoms with E-state index in [1.807, 2.05) is 13.0 Å². The topological polar surface area (TPSA) is 96.4 Å². The average molecular weight is 458 g/mol. The molecule has 2 saturated heterocycles. The maximum atomic E-state index is 13.8. The minimum absolute atomic E-state index is 0.0473. The van der Waals surface area contributed by atoms with E-state index in [0.717, 1.165) is 4.90 Å². The highest BCUT2D eigenvalue weighted by molar-refractivity contribution is 6.24. The average Bonchev–Trinajstić information content (AvgIpc) is 3.36. The molecular formula is C26H22N2O6. The number of aromatic carboxylic acids is 1. The molecule has 5 rings (SSSR count). The van der Waals surface area contributed by atoms with Crippen molar-refractivity contribution in [3.8, 4) is 5.75 Å². The van der Waals surface area contributed by atoms with Crippen LogP contribution in [0.3, 0.4) is 0 Å². The van der Waals surface area contributed by atoms with Gasteiger partial charge in [0.2, 0.25) is 5.91 Å². The molecule has 0 radical (unpaired) electrons. The number of hydroxylamine groups is 1. The summed E-state index contributed by atoms with van der Waals surface area (Å²) in [6.45, 7) is 2.19. The van der Waals surface area contributed by atoms with Gasteiger partial charge in [0.25, 0.3) is 5.91 Å². The summed E-state index contributed by atoms with van der Waals surface area (Å²) < 4.78 is 5.65. The number of benzene rings is 3. The van der Waals surface area contributed by atoms with E-state index in [1.165, 1.54) is 11.1 Å². The predicted molar refractivity (Wildman–Crippen MR) is 124 cm³/mol. The molecule has 1 N–H and O–H groups in total. The Hall–Kier alpha value is -4.17. The second kappa shape index (κ2) is 8.64. The number of para-hydroxylation sites is 3. The van der Waals surface area contributed by atoms with Crippen LogP contribution in [0, 0.1) is 5.92 Å². The number of amides is 2. The summed E-state index contributed by atoms with van der Waals surface area (Å²) in [5, 5.41) is 11.3. The van der Waals surface area contributed by atoms with Crippen LogP contribution in [0.15, 0.2) is 78.9 Å². The summed E-state index contributed by atoms with van der Waals surface area (Å²) in [5.41, 5.74) is 1.40. The van der Waals surface area contributed by atoms with E-state index < -0.39 is 35.8 Å². The van der Waals surface area contributed by atoms with Crippen LogP contribution >= 0.6 is 0 Å². The second-order valence-corrected chi connectivity index (χ2v) is 7.96. The SMILES string of the molecule is CCOc1ccccc1N1C(=O)[C@@H]2[C@H](ON(c3ccccc3)[C@H]2c2ccccc2C(=O)O)C1=O. The van der Waals surface area contributed by atoms with Crippen molar-refractivity contribution >= 4 is 29.2 Å². The highest BCUT2D eigenvalue weighted by Gasteiger charge is 2.61. The van der Waals surface area contributed by atoms with Crippen molar-refractivity contribution in [2.24, 2.45) is 5.92 Å². The number of anilines is 2. The number of hydrogen-bond donors (Lipinski definition) is 1. The Morgan fingerprint density at radius 1 is 0.941 bits per heavy atom. The quantitative estimate of drug-likeness (QED) is 0.561. The van der Waals surface area contributed by atoms with Crippen LogP contribution < -0.4 is 14.7 Å². The van der Waals surface area contributed by atoms with Crippen molar-refractivity contribution in [1.29, 1.82) is 0 Å². The van der Waals surface area contributed by atoms with E-state index in [2.05, 4.69) is 0 Å². The summed E-state index contributed by atoms with van der Waals surface area (Å²) in [6.07, 6.45) is -1.10. The fourth-order valence-corrected chi connectivity index (χ4v) is 4.64. The number of carboxylic acid groups (broad SMARTS) is 1. The first-order valence-corrected chi connectivity index (χ1v) is 11.0. The van der Waals surface area contributed by atoms with Gasteiger partial charge in [-0.05, 0) is 42.8 Å². The van der Waals surface area contributed by atoms with Gasteiger partial charge in [-0.15, -0.1) is 0 Å². The number of carbonyl (C=O) groups is 3. The summed E-state index contributed by atoms with van der Waals surface area (Å²) >= 11 is 0. The van der Waals surface area contributed by atoms with Crippen molar-refractivity contribution in [3.63, 3.8) is 0 Å². The zero-order chi connectivity index (χ0) is 23.8. The lowest BCUT2D eigenvalue weighted by atomic mass is 9.88. The van der Waals surface area contributed by atoms with Gasteiger partial charge in [-0.3, -0.25) is 14.4 Å². The lowest BCUT2D eigenvalue weighted by Crippen LogP contribution is -2.38. The summed E-state index contributed by atoms with van der Waals surface area (Å²) in [6, 6.07) is 21.5. The molecule has 2 fully saturated rings. The Morgan fingerprint density at radius 2 is 1.62 bits per heavy atom. The van der Waals surface area contributed by atoms with Gasteiger partial charge in [0.15, 0.2) is 6.10 Å². The fraction of sp³-hybridized carbons (Fsp3) is 0.192. The van der Waals surface area contributed by atoms with E-state index in [9.17, 15) is 19.5 Å². The minimum atomic E-state index is -1.12. The Labute approximate surface area is 195 Å². The molecule has 34 heavy (non-hydrogen) atoms. The number of nitrogens with zero attached hydrogens (tertiary/aromatic N) is 2. The highest BCUT2D eigenvalue weighted by Crippen LogP contribution is 2.49. The van der Waals surface area contributed by atoms with Gasteiger partial charge in [-0.1, -0.05) is 48.5 Å². The molecule has 8 nitrogen and oxygen atoms in total. The molecule has 3 aromatic carbocycles. The van der Waals surface area contributed by atoms with Gasteiger partial charge in [-0.2, -0.15) is 0 Å². The molecular weight excluding hydrogens is 436 g/mol. The van der Waals surface area contributed by atoms with Gasteiger partial charge in [0.05, 0.1) is 29.6 Å². The van der Waals surface area contributed by atoms with Crippen LogP contribution in [0.25, 0.3) is 0 Å². The maximum absolute atomic E-state index is 13.8. The first-order chi connectivity index (χ1) is 16.5. The van der Waals surface area contributed by atoms with Gasteiger partial charge >= 0.3 is 5.97 Å². The third kappa shape index (κ3) is 3.39. The van der Waals surface area contributed by atoms with Gasteiger partial charge < -0.3 is 9.84 Å². The van der Waals surface area contributed by atoms with Crippen LogP contribution in [0.5, 0.6) is 5.75 Å². The minimum Gasteiger partial charge on any atom is -0.492 e. The molecule has 8 heteroatoms. The van der Waals surface area contributed by atoms with Crippen LogP contribution in [-0.2, 0) is 14.4 Å². The van der Waals surface area contributed by atoms with Crippen LogP contribution in [-0.4, -0.2) is 35.6 Å². The highest BCUT2D eigenvalue weighted by atomic mass is 16.7. The van der Waals surface area contributed by atoms with Crippen molar-refractivity contribution in [2.75, 3.05) is 16.6 Å². The number of carboxylic acids is 1. The van der Waals surface area contributed by atoms with E-state index in [0.29, 0.717) is 29.3 Å². The number of fused-ring (bicyclic) bond motifs is 1. The Morgan fingerprint density at radius 3 is 2.35 bits per heavy atom. The van der Waals surface area contributed by atoms with Crippen molar-refractivity contribution in [2.45, 2.75) is 19.1 Å². The van der Waals surface area contributed by atoms with Crippen LogP contribution in [0.4, 0.5) is 11.4 Å². The largest absolute Gasteiger partial charge is 0.492 e. The third-order valence-corrected chi connectivity index (χ3v) is 6.04. The zero-order valence-corrected chi connectivity index (χ0v) is 18.3. The van der Waals surface area contributed by atoms with Crippen molar-refractivity contribution < 1.29 is 29.1 Å². The molecule has 172 valence electrons. The number of rotatable bonds is 6. The molecule has 0 unspecified atom stereocenters. The molecule has 0 saturated carbocycles. The molecule has 0 aliphatic carbocycles. The number of carbonyl (C=O) groups excluding carboxylic acids is 2. The molecule has 2 aliphatic rings. The molecule has 3 atom stereocenters. The fourth-order valence-electron chi connectivity index (χ4n) is 4.64. The Bertz CT molecular complexity index is 1260. The molecule has 2 amide bonds. The summed E-state index contributed by atoms with van der Waals surface area (Å²) in [7, 11) is 0. The van der Waals surface area contributed by atoms with Gasteiger partial charge in [-0.25, -0.2) is 14.8 Å². The first kappa shape index (κ1) is 21.7. The smallest absolute Gasteiger partial charge is 0.336 e. The Balaban J connectivity index is 1.63.